The van der Waals surface area contributed by atoms with Crippen LogP contribution in [-0.2, 0) is 9.47 Å². The molecule has 1 aromatic carbocycles. The number of benzene rings is 1. The Balaban J connectivity index is 1.66. The standard InChI is InChI=1S/C14H14O2/c1-2-5-11(6-3-1)9-10-14-15-12-7-4-8-13(12)16-14/h1-3,5-6,12-14H,4,7-8H2/t12-,13+,14?. The van der Waals surface area contributed by atoms with Gasteiger partial charge < -0.3 is 9.47 Å². The van der Waals surface area contributed by atoms with Gasteiger partial charge in [0.15, 0.2) is 0 Å². The van der Waals surface area contributed by atoms with E-state index < -0.39 is 0 Å². The lowest BCUT2D eigenvalue weighted by Crippen LogP contribution is -2.13. The maximum Gasteiger partial charge on any atom is 0.223 e. The predicted octanol–water partition coefficient (Wildman–Crippen LogP) is 2.33. The molecular formula is C14H14O2. The van der Waals surface area contributed by atoms with Gasteiger partial charge in [0.25, 0.3) is 0 Å². The number of ether oxygens (including phenoxy) is 2. The Labute approximate surface area is 95.6 Å². The molecule has 0 amide bonds. The summed E-state index contributed by atoms with van der Waals surface area (Å²) in [5.74, 6) is 6.11. The average molecular weight is 214 g/mol. The van der Waals surface area contributed by atoms with Gasteiger partial charge >= 0.3 is 0 Å². The van der Waals surface area contributed by atoms with E-state index in [4.69, 9.17) is 9.47 Å². The van der Waals surface area contributed by atoms with Crippen LogP contribution in [0, 0.1) is 11.8 Å². The largest absolute Gasteiger partial charge is 0.336 e. The summed E-state index contributed by atoms with van der Waals surface area (Å²) in [6.07, 6.45) is 3.71. The van der Waals surface area contributed by atoms with Crippen molar-refractivity contribution in [3.8, 4) is 11.8 Å². The highest BCUT2D eigenvalue weighted by Gasteiger charge is 2.38. The molecule has 2 nitrogen and oxygen atoms in total. The number of hydrogen-bond donors (Lipinski definition) is 0. The summed E-state index contributed by atoms with van der Waals surface area (Å²) in [7, 11) is 0. The van der Waals surface area contributed by atoms with E-state index in [1.807, 2.05) is 30.3 Å². The second-order valence-electron chi connectivity index (χ2n) is 4.25. The Morgan fingerprint density at radius 3 is 2.38 bits per heavy atom. The third-order valence-electron chi connectivity index (χ3n) is 3.10. The van der Waals surface area contributed by atoms with Crippen LogP contribution in [-0.4, -0.2) is 18.5 Å². The number of rotatable bonds is 0. The van der Waals surface area contributed by atoms with Crippen molar-refractivity contribution in [1.29, 1.82) is 0 Å². The van der Waals surface area contributed by atoms with Gasteiger partial charge in [-0.15, -0.1) is 0 Å². The van der Waals surface area contributed by atoms with E-state index in [9.17, 15) is 0 Å². The minimum absolute atomic E-state index is 0.287. The fraction of sp³-hybridized carbons (Fsp3) is 0.429. The maximum atomic E-state index is 5.71. The highest BCUT2D eigenvalue weighted by atomic mass is 16.7. The summed E-state index contributed by atoms with van der Waals surface area (Å²) in [6.45, 7) is 0. The molecule has 1 aliphatic carbocycles. The monoisotopic (exact) mass is 214 g/mol. The zero-order valence-corrected chi connectivity index (χ0v) is 9.06. The molecule has 3 atom stereocenters. The van der Waals surface area contributed by atoms with E-state index in [2.05, 4.69) is 11.8 Å². The Morgan fingerprint density at radius 1 is 1.00 bits per heavy atom. The SMILES string of the molecule is C(#CC1O[C@H]2CCC[C@H]2O1)c1ccccc1. The summed E-state index contributed by atoms with van der Waals surface area (Å²) in [5.41, 5.74) is 1.01. The third-order valence-corrected chi connectivity index (χ3v) is 3.10. The zero-order chi connectivity index (χ0) is 10.8. The summed E-state index contributed by atoms with van der Waals surface area (Å²) in [6, 6.07) is 9.92. The molecule has 1 unspecified atom stereocenters. The van der Waals surface area contributed by atoms with Crippen molar-refractivity contribution >= 4 is 0 Å². The molecule has 1 aliphatic heterocycles. The topological polar surface area (TPSA) is 18.5 Å². The normalized spacial score (nSPS) is 31.9. The van der Waals surface area contributed by atoms with Gasteiger partial charge in [-0.05, 0) is 37.3 Å². The Morgan fingerprint density at radius 2 is 1.69 bits per heavy atom. The molecular weight excluding hydrogens is 200 g/mol. The van der Waals surface area contributed by atoms with Gasteiger partial charge in [-0.25, -0.2) is 0 Å². The smallest absolute Gasteiger partial charge is 0.223 e. The molecule has 3 rings (SSSR count). The van der Waals surface area contributed by atoms with Crippen molar-refractivity contribution in [3.05, 3.63) is 35.9 Å². The molecule has 2 aliphatic rings. The lowest BCUT2D eigenvalue weighted by Gasteiger charge is -2.02. The van der Waals surface area contributed by atoms with E-state index in [0.29, 0.717) is 0 Å². The fourth-order valence-electron chi connectivity index (χ4n) is 2.28. The quantitative estimate of drug-likeness (QED) is 0.617. The molecule has 16 heavy (non-hydrogen) atoms. The molecule has 1 heterocycles. The van der Waals surface area contributed by atoms with Crippen LogP contribution in [0.3, 0.4) is 0 Å². The molecule has 0 spiro atoms. The van der Waals surface area contributed by atoms with E-state index in [1.54, 1.807) is 0 Å². The van der Waals surface area contributed by atoms with Crippen LogP contribution < -0.4 is 0 Å². The van der Waals surface area contributed by atoms with Crippen LogP contribution in [0.4, 0.5) is 0 Å². The van der Waals surface area contributed by atoms with Crippen LogP contribution in [0.5, 0.6) is 0 Å². The summed E-state index contributed by atoms with van der Waals surface area (Å²) < 4.78 is 11.4. The van der Waals surface area contributed by atoms with E-state index in [0.717, 1.165) is 18.4 Å². The molecule has 0 N–H and O–H groups in total. The van der Waals surface area contributed by atoms with E-state index in [-0.39, 0.29) is 18.5 Å². The fourth-order valence-corrected chi connectivity index (χ4v) is 2.28. The second-order valence-corrected chi connectivity index (χ2v) is 4.25. The molecule has 1 aromatic rings. The summed E-state index contributed by atoms with van der Waals surface area (Å²) in [5, 5.41) is 0. The van der Waals surface area contributed by atoms with Gasteiger partial charge in [0.1, 0.15) is 0 Å². The summed E-state index contributed by atoms with van der Waals surface area (Å²) in [4.78, 5) is 0. The maximum absolute atomic E-state index is 5.71. The highest BCUT2D eigenvalue weighted by molar-refractivity contribution is 5.34. The average Bonchev–Trinajstić information content (AvgIpc) is 2.88. The number of fused-ring (bicyclic) bond motifs is 1. The van der Waals surface area contributed by atoms with Gasteiger partial charge in [0, 0.05) is 5.56 Å². The predicted molar refractivity (Wildman–Crippen MR) is 60.7 cm³/mol. The first-order valence-electron chi connectivity index (χ1n) is 5.79. The molecule has 1 saturated carbocycles. The van der Waals surface area contributed by atoms with Crippen molar-refractivity contribution < 1.29 is 9.47 Å². The Bertz CT molecular complexity index is 403. The van der Waals surface area contributed by atoms with Crippen LogP contribution in [0.25, 0.3) is 0 Å². The first kappa shape index (κ1) is 9.89. The molecule has 0 aromatic heterocycles. The van der Waals surface area contributed by atoms with Crippen LogP contribution in [0.2, 0.25) is 0 Å². The number of hydrogen-bond acceptors (Lipinski definition) is 2. The second kappa shape index (κ2) is 4.29. The third kappa shape index (κ3) is 1.97. The van der Waals surface area contributed by atoms with Crippen molar-refractivity contribution in [3.63, 3.8) is 0 Å². The van der Waals surface area contributed by atoms with E-state index in [1.165, 1.54) is 6.42 Å². The molecule has 2 heteroatoms. The van der Waals surface area contributed by atoms with Gasteiger partial charge in [-0.2, -0.15) is 0 Å². The lowest BCUT2D eigenvalue weighted by atomic mass is 10.2. The summed E-state index contributed by atoms with van der Waals surface area (Å²) >= 11 is 0. The van der Waals surface area contributed by atoms with E-state index >= 15 is 0 Å². The van der Waals surface area contributed by atoms with Gasteiger partial charge in [-0.3, -0.25) is 0 Å². The van der Waals surface area contributed by atoms with Crippen LogP contribution >= 0.6 is 0 Å². The van der Waals surface area contributed by atoms with Crippen molar-refractivity contribution in [2.45, 2.75) is 37.8 Å². The Hall–Kier alpha value is -1.30. The molecule has 2 fully saturated rings. The minimum atomic E-state index is -0.324. The highest BCUT2D eigenvalue weighted by Crippen LogP contribution is 2.32. The zero-order valence-electron chi connectivity index (χ0n) is 9.06. The molecule has 0 bridgehead atoms. The van der Waals surface area contributed by atoms with Crippen molar-refractivity contribution in [1.82, 2.24) is 0 Å². The van der Waals surface area contributed by atoms with Crippen LogP contribution in [0.1, 0.15) is 24.8 Å². The molecule has 1 saturated heterocycles. The van der Waals surface area contributed by atoms with Crippen LogP contribution in [0.15, 0.2) is 30.3 Å². The van der Waals surface area contributed by atoms with Gasteiger partial charge in [-0.1, -0.05) is 24.1 Å². The lowest BCUT2D eigenvalue weighted by molar-refractivity contribution is -0.0283. The first-order chi connectivity index (χ1) is 7.92. The van der Waals surface area contributed by atoms with Gasteiger partial charge in [0.2, 0.25) is 6.29 Å². The first-order valence-corrected chi connectivity index (χ1v) is 5.79. The molecule has 0 radical (unpaired) electrons. The van der Waals surface area contributed by atoms with Crippen molar-refractivity contribution in [2.75, 3.05) is 0 Å². The van der Waals surface area contributed by atoms with Crippen molar-refractivity contribution in [2.24, 2.45) is 0 Å². The van der Waals surface area contributed by atoms with Gasteiger partial charge in [0.05, 0.1) is 12.2 Å². The minimum Gasteiger partial charge on any atom is -0.336 e. The Kier molecular flexibility index (Phi) is 2.65. The molecule has 82 valence electrons.